The van der Waals surface area contributed by atoms with Crippen molar-refractivity contribution in [3.05, 3.63) is 122 Å². The van der Waals surface area contributed by atoms with Crippen LogP contribution in [0.2, 0.25) is 0 Å². The zero-order valence-corrected chi connectivity index (χ0v) is 20.3. The molecule has 0 aliphatic carbocycles. The van der Waals surface area contributed by atoms with Gasteiger partial charge in [-0.3, -0.25) is 9.97 Å². The molecule has 4 aromatic carbocycles. The molecule has 8 aromatic rings. The van der Waals surface area contributed by atoms with Gasteiger partial charge in [-0.05, 0) is 47.5 Å². The number of hydrogen-bond donors (Lipinski definition) is 0. The molecule has 0 fully saturated rings. The van der Waals surface area contributed by atoms with E-state index in [-0.39, 0.29) is 0 Å². The van der Waals surface area contributed by atoms with Gasteiger partial charge in [-0.2, -0.15) is 0 Å². The standard InChI is InChI=1S/C34H20N4/c1-2-8-29-25(5-1)19-26-20-28(27-7-4-18-36-34(27)33(26)37-29)21-9-11-22(12-10-21)30-16-15-24-14-13-23-6-3-17-35-31(23)32(24)38-30/h1-20H. The van der Waals surface area contributed by atoms with E-state index in [4.69, 9.17) is 15.0 Å². The Morgan fingerprint density at radius 2 is 1.11 bits per heavy atom. The van der Waals surface area contributed by atoms with Crippen LogP contribution in [0, 0.1) is 0 Å². The average Bonchev–Trinajstić information content (AvgIpc) is 2.99. The van der Waals surface area contributed by atoms with Crippen LogP contribution in [0.4, 0.5) is 0 Å². The topological polar surface area (TPSA) is 51.6 Å². The first kappa shape index (κ1) is 20.9. The quantitative estimate of drug-likeness (QED) is 0.183. The number of aromatic nitrogens is 4. The van der Waals surface area contributed by atoms with Crippen LogP contribution in [0.25, 0.3) is 76.9 Å². The predicted octanol–water partition coefficient (Wildman–Crippen LogP) is 8.37. The van der Waals surface area contributed by atoms with Crippen LogP contribution in [0.3, 0.4) is 0 Å². The Morgan fingerprint density at radius 1 is 0.421 bits per heavy atom. The van der Waals surface area contributed by atoms with Crippen molar-refractivity contribution in [2.75, 3.05) is 0 Å². The summed E-state index contributed by atoms with van der Waals surface area (Å²) in [4.78, 5) is 19.3. The van der Waals surface area contributed by atoms with Crippen molar-refractivity contribution in [3.8, 4) is 22.4 Å². The minimum absolute atomic E-state index is 0.922. The summed E-state index contributed by atoms with van der Waals surface area (Å²) in [6.45, 7) is 0. The lowest BCUT2D eigenvalue weighted by atomic mass is 9.96. The maximum Gasteiger partial charge on any atom is 0.0972 e. The number of fused-ring (bicyclic) bond motifs is 7. The Morgan fingerprint density at radius 3 is 2.00 bits per heavy atom. The van der Waals surface area contributed by atoms with E-state index in [0.717, 1.165) is 76.9 Å². The second kappa shape index (κ2) is 8.15. The molecule has 0 spiro atoms. The molecule has 0 atom stereocenters. The summed E-state index contributed by atoms with van der Waals surface area (Å²) in [5.41, 5.74) is 8.97. The molecule has 0 saturated heterocycles. The van der Waals surface area contributed by atoms with Crippen LogP contribution in [-0.2, 0) is 0 Å². The third kappa shape index (κ3) is 3.24. The molecule has 4 nitrogen and oxygen atoms in total. The molecule has 0 amide bonds. The highest BCUT2D eigenvalue weighted by Gasteiger charge is 2.12. The summed E-state index contributed by atoms with van der Waals surface area (Å²) in [5.74, 6) is 0. The third-order valence-electron chi connectivity index (χ3n) is 7.30. The maximum atomic E-state index is 5.02. The maximum absolute atomic E-state index is 5.02. The molecule has 0 bridgehead atoms. The lowest BCUT2D eigenvalue weighted by Crippen LogP contribution is -1.91. The molecule has 8 rings (SSSR count). The van der Waals surface area contributed by atoms with E-state index in [1.165, 1.54) is 0 Å². The second-order valence-corrected chi connectivity index (χ2v) is 9.56. The first-order chi connectivity index (χ1) is 18.8. The Bertz CT molecular complexity index is 2180. The molecule has 0 radical (unpaired) electrons. The van der Waals surface area contributed by atoms with E-state index < -0.39 is 0 Å². The van der Waals surface area contributed by atoms with Gasteiger partial charge in [0, 0.05) is 44.9 Å². The van der Waals surface area contributed by atoms with E-state index >= 15 is 0 Å². The van der Waals surface area contributed by atoms with Crippen LogP contribution in [0.5, 0.6) is 0 Å². The SMILES string of the molecule is c1ccc2nc3c(cc(-c4ccc(-c5ccc6ccc7cccnc7c6n5)cc4)c4cccnc43)cc2c1. The van der Waals surface area contributed by atoms with Gasteiger partial charge in [-0.25, -0.2) is 9.97 Å². The molecular weight excluding hydrogens is 464 g/mol. The van der Waals surface area contributed by atoms with Crippen LogP contribution in [0.1, 0.15) is 0 Å². The Labute approximate surface area is 218 Å². The predicted molar refractivity (Wildman–Crippen MR) is 156 cm³/mol. The van der Waals surface area contributed by atoms with Gasteiger partial charge in [-0.15, -0.1) is 0 Å². The highest BCUT2D eigenvalue weighted by Crippen LogP contribution is 2.35. The minimum atomic E-state index is 0.922. The molecule has 4 heteroatoms. The van der Waals surface area contributed by atoms with Gasteiger partial charge < -0.3 is 0 Å². The number of hydrogen-bond acceptors (Lipinski definition) is 4. The van der Waals surface area contributed by atoms with E-state index in [1.807, 2.05) is 30.6 Å². The number of benzene rings is 4. The summed E-state index contributed by atoms with van der Waals surface area (Å²) in [7, 11) is 0. The lowest BCUT2D eigenvalue weighted by molar-refractivity contribution is 1.37. The first-order valence-electron chi connectivity index (χ1n) is 12.6. The van der Waals surface area contributed by atoms with Crippen molar-refractivity contribution >= 4 is 54.5 Å². The van der Waals surface area contributed by atoms with Crippen LogP contribution in [-0.4, -0.2) is 19.9 Å². The van der Waals surface area contributed by atoms with Crippen molar-refractivity contribution in [3.63, 3.8) is 0 Å². The highest BCUT2D eigenvalue weighted by atomic mass is 14.8. The second-order valence-electron chi connectivity index (χ2n) is 9.56. The van der Waals surface area contributed by atoms with Crippen molar-refractivity contribution in [2.45, 2.75) is 0 Å². The molecule has 176 valence electrons. The van der Waals surface area contributed by atoms with Crippen molar-refractivity contribution < 1.29 is 0 Å². The smallest absolute Gasteiger partial charge is 0.0972 e. The molecule has 0 saturated carbocycles. The molecule has 38 heavy (non-hydrogen) atoms. The molecule has 4 aromatic heterocycles. The fourth-order valence-electron chi connectivity index (χ4n) is 5.42. The van der Waals surface area contributed by atoms with Gasteiger partial charge in [0.15, 0.2) is 0 Å². The van der Waals surface area contributed by atoms with Gasteiger partial charge in [0.25, 0.3) is 0 Å². The molecule has 0 N–H and O–H groups in total. The summed E-state index contributed by atoms with van der Waals surface area (Å²) in [5, 5.41) is 5.49. The summed E-state index contributed by atoms with van der Waals surface area (Å²) < 4.78 is 0. The number of nitrogens with zero attached hydrogens (tertiary/aromatic N) is 4. The van der Waals surface area contributed by atoms with Gasteiger partial charge in [-0.1, -0.05) is 72.8 Å². The molecule has 0 aliphatic heterocycles. The normalized spacial score (nSPS) is 11.7. The first-order valence-corrected chi connectivity index (χ1v) is 12.6. The fourth-order valence-corrected chi connectivity index (χ4v) is 5.42. The fraction of sp³-hybridized carbons (Fsp3) is 0. The Balaban J connectivity index is 1.28. The summed E-state index contributed by atoms with van der Waals surface area (Å²) in [6, 6.07) is 37.9. The van der Waals surface area contributed by atoms with Crippen molar-refractivity contribution in [1.29, 1.82) is 0 Å². The minimum Gasteiger partial charge on any atom is -0.254 e. The van der Waals surface area contributed by atoms with E-state index in [0.29, 0.717) is 0 Å². The van der Waals surface area contributed by atoms with Crippen LogP contribution >= 0.6 is 0 Å². The average molecular weight is 485 g/mol. The molecule has 4 heterocycles. The van der Waals surface area contributed by atoms with Gasteiger partial charge in [0.2, 0.25) is 0 Å². The molecular formula is C34H20N4. The zero-order chi connectivity index (χ0) is 25.1. The number of pyridine rings is 4. The number of para-hydroxylation sites is 1. The van der Waals surface area contributed by atoms with Crippen molar-refractivity contribution in [2.24, 2.45) is 0 Å². The Kier molecular flexibility index (Phi) is 4.49. The van der Waals surface area contributed by atoms with Crippen LogP contribution in [0.15, 0.2) is 122 Å². The van der Waals surface area contributed by atoms with Gasteiger partial charge in [0.05, 0.1) is 33.3 Å². The van der Waals surface area contributed by atoms with E-state index in [1.54, 1.807) is 0 Å². The van der Waals surface area contributed by atoms with E-state index in [2.05, 4.69) is 96.0 Å². The molecule has 0 aliphatic rings. The van der Waals surface area contributed by atoms with Crippen LogP contribution < -0.4 is 0 Å². The largest absolute Gasteiger partial charge is 0.254 e. The lowest BCUT2D eigenvalue weighted by Gasteiger charge is -2.12. The molecule has 0 unspecified atom stereocenters. The third-order valence-corrected chi connectivity index (χ3v) is 7.30. The highest BCUT2D eigenvalue weighted by molar-refractivity contribution is 6.12. The zero-order valence-electron chi connectivity index (χ0n) is 20.3. The van der Waals surface area contributed by atoms with Crippen molar-refractivity contribution in [1.82, 2.24) is 19.9 Å². The monoisotopic (exact) mass is 484 g/mol. The number of rotatable bonds is 2. The summed E-state index contributed by atoms with van der Waals surface area (Å²) in [6.07, 6.45) is 3.67. The van der Waals surface area contributed by atoms with Gasteiger partial charge >= 0.3 is 0 Å². The van der Waals surface area contributed by atoms with Gasteiger partial charge in [0.1, 0.15) is 0 Å². The summed E-state index contributed by atoms with van der Waals surface area (Å²) >= 11 is 0. The Hall–Kier alpha value is -5.22. The van der Waals surface area contributed by atoms with E-state index in [9.17, 15) is 0 Å².